The van der Waals surface area contributed by atoms with Crippen molar-refractivity contribution in [2.75, 3.05) is 19.7 Å². The Balaban J connectivity index is 1.72. The number of carbonyl (C=O) groups is 2. The van der Waals surface area contributed by atoms with Gasteiger partial charge in [-0.1, -0.05) is 31.4 Å². The fraction of sp³-hybridized carbons (Fsp3) is 0.556. The maximum atomic E-state index is 12.9. The number of ether oxygens (including phenoxy) is 1. The summed E-state index contributed by atoms with van der Waals surface area (Å²) in [4.78, 5) is 25.7. The molecule has 1 heterocycles. The van der Waals surface area contributed by atoms with Crippen LogP contribution in [0.25, 0.3) is 0 Å². The molecular weight excluding hydrogens is 292 g/mol. The van der Waals surface area contributed by atoms with Crippen molar-refractivity contribution >= 4 is 11.8 Å². The summed E-state index contributed by atoms with van der Waals surface area (Å²) >= 11 is 0. The highest BCUT2D eigenvalue weighted by Gasteiger charge is 2.40. The van der Waals surface area contributed by atoms with Gasteiger partial charge in [0.05, 0.1) is 5.56 Å². The minimum absolute atomic E-state index is 0.00693. The normalized spacial score (nSPS) is 19.7. The first kappa shape index (κ1) is 15.8. The van der Waals surface area contributed by atoms with E-state index in [0.717, 1.165) is 19.5 Å². The molecule has 124 valence electrons. The molecule has 1 spiro atoms. The summed E-state index contributed by atoms with van der Waals surface area (Å²) in [5.74, 6) is -0.122. The molecule has 0 unspecified atom stereocenters. The third-order valence-corrected chi connectivity index (χ3v) is 5.13. The lowest BCUT2D eigenvalue weighted by molar-refractivity contribution is -0.119. The van der Waals surface area contributed by atoms with Gasteiger partial charge < -0.3 is 15.4 Å². The predicted molar refractivity (Wildman–Crippen MR) is 87.2 cm³/mol. The fourth-order valence-corrected chi connectivity index (χ4v) is 3.91. The minimum atomic E-state index is -0.547. The number of carbonyl (C=O) groups excluding carboxylic acids is 2. The van der Waals surface area contributed by atoms with Crippen molar-refractivity contribution in [2.24, 2.45) is 11.1 Å². The molecule has 1 aromatic carbocycles. The zero-order valence-electron chi connectivity index (χ0n) is 13.4. The second-order valence-electron chi connectivity index (χ2n) is 6.79. The topological polar surface area (TPSA) is 72.6 Å². The number of amides is 2. The third-order valence-electron chi connectivity index (χ3n) is 5.13. The third kappa shape index (κ3) is 3.49. The summed E-state index contributed by atoms with van der Waals surface area (Å²) in [5, 5.41) is 0. The molecule has 0 bridgehead atoms. The Bertz CT molecular complexity index is 594. The molecule has 5 heteroatoms. The van der Waals surface area contributed by atoms with Crippen molar-refractivity contribution in [1.29, 1.82) is 0 Å². The second kappa shape index (κ2) is 6.60. The summed E-state index contributed by atoms with van der Waals surface area (Å²) in [6.07, 6.45) is 7.44. The van der Waals surface area contributed by atoms with Crippen LogP contribution < -0.4 is 10.5 Å². The number of nitrogens with zero attached hydrogens (tertiary/aromatic N) is 1. The maximum Gasteiger partial charge on any atom is 0.257 e. The van der Waals surface area contributed by atoms with Gasteiger partial charge in [0.25, 0.3) is 11.8 Å². The Morgan fingerprint density at radius 1 is 1.13 bits per heavy atom. The highest BCUT2D eigenvalue weighted by molar-refractivity contribution is 5.97. The Morgan fingerprint density at radius 3 is 2.61 bits per heavy atom. The number of para-hydroxylation sites is 1. The van der Waals surface area contributed by atoms with Gasteiger partial charge in [-0.2, -0.15) is 0 Å². The highest BCUT2D eigenvalue weighted by atomic mass is 16.5. The summed E-state index contributed by atoms with van der Waals surface area (Å²) < 4.78 is 5.39. The van der Waals surface area contributed by atoms with E-state index in [4.69, 9.17) is 10.5 Å². The van der Waals surface area contributed by atoms with Crippen LogP contribution >= 0.6 is 0 Å². The zero-order valence-corrected chi connectivity index (χ0v) is 13.4. The highest BCUT2D eigenvalue weighted by Crippen LogP contribution is 2.44. The Labute approximate surface area is 136 Å². The number of hydrogen-bond donors (Lipinski definition) is 1. The average Bonchev–Trinajstić information content (AvgIpc) is 2.96. The average molecular weight is 316 g/mol. The van der Waals surface area contributed by atoms with Gasteiger partial charge in [0, 0.05) is 13.1 Å². The lowest BCUT2D eigenvalue weighted by atomic mass is 9.73. The van der Waals surface area contributed by atoms with E-state index in [2.05, 4.69) is 0 Å². The molecule has 3 rings (SSSR count). The first-order valence-electron chi connectivity index (χ1n) is 8.39. The van der Waals surface area contributed by atoms with Crippen molar-refractivity contribution in [3.63, 3.8) is 0 Å². The second-order valence-corrected chi connectivity index (χ2v) is 6.79. The van der Waals surface area contributed by atoms with E-state index in [1.54, 1.807) is 18.2 Å². The van der Waals surface area contributed by atoms with Crippen LogP contribution in [0.5, 0.6) is 5.75 Å². The molecule has 1 aromatic rings. The zero-order chi connectivity index (χ0) is 16.3. The molecule has 0 radical (unpaired) electrons. The van der Waals surface area contributed by atoms with Crippen molar-refractivity contribution in [3.8, 4) is 5.75 Å². The van der Waals surface area contributed by atoms with E-state index in [1.165, 1.54) is 32.1 Å². The lowest BCUT2D eigenvalue weighted by Crippen LogP contribution is -2.33. The number of likely N-dealkylation sites (tertiary alicyclic amines) is 1. The Morgan fingerprint density at radius 2 is 1.87 bits per heavy atom. The fourth-order valence-electron chi connectivity index (χ4n) is 3.91. The molecule has 1 aliphatic carbocycles. The van der Waals surface area contributed by atoms with Crippen LogP contribution in [0.4, 0.5) is 0 Å². The maximum absolute atomic E-state index is 12.9. The molecule has 0 atom stereocenters. The summed E-state index contributed by atoms with van der Waals surface area (Å²) in [7, 11) is 0. The number of nitrogens with two attached hydrogens (primary N) is 1. The summed E-state index contributed by atoms with van der Waals surface area (Å²) in [6.45, 7) is 1.44. The van der Waals surface area contributed by atoms with Gasteiger partial charge >= 0.3 is 0 Å². The van der Waals surface area contributed by atoms with Crippen LogP contribution in [0.2, 0.25) is 0 Å². The standard InChI is InChI=1S/C18H24N2O3/c19-16(21)12-23-15-7-3-2-6-14(15)17(22)20-11-10-18(13-20)8-4-1-5-9-18/h2-3,6-7H,1,4-5,8-13H2,(H2,19,21). The van der Waals surface area contributed by atoms with Crippen LogP contribution in [0, 0.1) is 5.41 Å². The van der Waals surface area contributed by atoms with Gasteiger partial charge in [0.15, 0.2) is 6.61 Å². The van der Waals surface area contributed by atoms with E-state index in [-0.39, 0.29) is 12.5 Å². The molecule has 1 aliphatic heterocycles. The summed E-state index contributed by atoms with van der Waals surface area (Å²) in [5.41, 5.74) is 5.97. The van der Waals surface area contributed by atoms with E-state index < -0.39 is 5.91 Å². The van der Waals surface area contributed by atoms with E-state index in [0.29, 0.717) is 16.7 Å². The van der Waals surface area contributed by atoms with Crippen LogP contribution in [0.15, 0.2) is 24.3 Å². The van der Waals surface area contributed by atoms with Crippen LogP contribution in [-0.2, 0) is 4.79 Å². The van der Waals surface area contributed by atoms with Gasteiger partial charge in [-0.15, -0.1) is 0 Å². The quantitative estimate of drug-likeness (QED) is 0.926. The van der Waals surface area contributed by atoms with Gasteiger partial charge in [-0.05, 0) is 36.8 Å². The van der Waals surface area contributed by atoms with Gasteiger partial charge in [-0.3, -0.25) is 9.59 Å². The van der Waals surface area contributed by atoms with E-state index >= 15 is 0 Å². The number of benzene rings is 1. The molecular formula is C18H24N2O3. The summed E-state index contributed by atoms with van der Waals surface area (Å²) in [6, 6.07) is 7.07. The number of hydrogen-bond acceptors (Lipinski definition) is 3. The molecule has 2 amide bonds. The smallest absolute Gasteiger partial charge is 0.257 e. The van der Waals surface area contributed by atoms with Crippen molar-refractivity contribution in [3.05, 3.63) is 29.8 Å². The lowest BCUT2D eigenvalue weighted by Gasteiger charge is -2.33. The Hall–Kier alpha value is -2.04. The molecule has 1 saturated heterocycles. The molecule has 2 N–H and O–H groups in total. The van der Waals surface area contributed by atoms with E-state index in [1.807, 2.05) is 11.0 Å². The van der Waals surface area contributed by atoms with Gasteiger partial charge in [0.2, 0.25) is 0 Å². The Kier molecular flexibility index (Phi) is 4.55. The van der Waals surface area contributed by atoms with Gasteiger partial charge in [-0.25, -0.2) is 0 Å². The van der Waals surface area contributed by atoms with Crippen LogP contribution in [0.3, 0.4) is 0 Å². The molecule has 0 aromatic heterocycles. The minimum Gasteiger partial charge on any atom is -0.483 e. The van der Waals surface area contributed by atoms with Crippen LogP contribution in [-0.4, -0.2) is 36.4 Å². The number of rotatable bonds is 4. The first-order chi connectivity index (χ1) is 11.1. The predicted octanol–water partition coefficient (Wildman–Crippen LogP) is 2.35. The van der Waals surface area contributed by atoms with Crippen molar-refractivity contribution < 1.29 is 14.3 Å². The molecule has 23 heavy (non-hydrogen) atoms. The van der Waals surface area contributed by atoms with E-state index in [9.17, 15) is 9.59 Å². The molecule has 2 aliphatic rings. The van der Waals surface area contributed by atoms with Crippen molar-refractivity contribution in [2.45, 2.75) is 38.5 Å². The number of primary amides is 1. The SMILES string of the molecule is NC(=O)COc1ccccc1C(=O)N1CCC2(CCCCC2)C1. The largest absolute Gasteiger partial charge is 0.483 e. The molecule has 5 nitrogen and oxygen atoms in total. The molecule has 2 fully saturated rings. The van der Waals surface area contributed by atoms with Crippen molar-refractivity contribution in [1.82, 2.24) is 4.90 Å². The van der Waals surface area contributed by atoms with Gasteiger partial charge in [0.1, 0.15) is 5.75 Å². The monoisotopic (exact) mass is 316 g/mol. The van der Waals surface area contributed by atoms with Crippen LogP contribution in [0.1, 0.15) is 48.9 Å². The molecule has 1 saturated carbocycles. The first-order valence-corrected chi connectivity index (χ1v) is 8.39.